The van der Waals surface area contributed by atoms with Gasteiger partial charge >= 0.3 is 0 Å². The van der Waals surface area contributed by atoms with Gasteiger partial charge < -0.3 is 14.2 Å². The molecule has 0 saturated carbocycles. The zero-order chi connectivity index (χ0) is 22.0. The molecule has 0 aromatic heterocycles. The predicted octanol–water partition coefficient (Wildman–Crippen LogP) is 6.32. The van der Waals surface area contributed by atoms with Crippen LogP contribution in [0.25, 0.3) is 6.08 Å². The molecule has 0 atom stereocenters. The molecule has 31 heavy (non-hydrogen) atoms. The number of carbonyl (C=O) groups excluding carboxylic acids is 1. The molecule has 1 heterocycles. The van der Waals surface area contributed by atoms with Crippen LogP contribution in [0.1, 0.15) is 52.4 Å². The zero-order valence-corrected chi connectivity index (χ0v) is 18.3. The maximum absolute atomic E-state index is 12.8. The van der Waals surface area contributed by atoms with Gasteiger partial charge in [-0.2, -0.15) is 0 Å². The van der Waals surface area contributed by atoms with Gasteiger partial charge in [-0.15, -0.1) is 0 Å². The second kappa shape index (κ2) is 8.68. The van der Waals surface area contributed by atoms with Gasteiger partial charge in [0.1, 0.15) is 23.9 Å². The van der Waals surface area contributed by atoms with E-state index in [0.717, 1.165) is 22.4 Å². The molecule has 0 saturated heterocycles. The predicted molar refractivity (Wildman–Crippen MR) is 122 cm³/mol. The van der Waals surface area contributed by atoms with Gasteiger partial charge in [-0.3, -0.25) is 4.79 Å². The molecule has 4 heteroatoms. The van der Waals surface area contributed by atoms with Gasteiger partial charge in [0.2, 0.25) is 5.78 Å². The minimum absolute atomic E-state index is 0.104. The fourth-order valence-electron chi connectivity index (χ4n) is 3.54. The summed E-state index contributed by atoms with van der Waals surface area (Å²) in [6.45, 7) is 6.65. The largest absolute Gasteiger partial charge is 0.497 e. The number of hydrogen-bond donors (Lipinski definition) is 0. The molecule has 0 unspecified atom stereocenters. The number of ether oxygens (including phenoxy) is 3. The molecular formula is C27H26O4. The second-order valence-corrected chi connectivity index (χ2v) is 7.96. The first-order valence-corrected chi connectivity index (χ1v) is 10.4. The monoisotopic (exact) mass is 414 g/mol. The molecule has 0 aliphatic carbocycles. The molecule has 0 amide bonds. The molecule has 0 fully saturated rings. The minimum Gasteiger partial charge on any atom is -0.497 e. The topological polar surface area (TPSA) is 44.8 Å². The van der Waals surface area contributed by atoms with Gasteiger partial charge in [0.15, 0.2) is 5.76 Å². The van der Waals surface area contributed by atoms with Crippen LogP contribution >= 0.6 is 0 Å². The van der Waals surface area contributed by atoms with Crippen molar-refractivity contribution >= 4 is 11.9 Å². The average molecular weight is 415 g/mol. The van der Waals surface area contributed by atoms with Crippen molar-refractivity contribution in [2.75, 3.05) is 7.11 Å². The van der Waals surface area contributed by atoms with E-state index < -0.39 is 0 Å². The van der Waals surface area contributed by atoms with E-state index in [4.69, 9.17) is 14.2 Å². The summed E-state index contributed by atoms with van der Waals surface area (Å²) in [4.78, 5) is 12.8. The molecule has 4 nitrogen and oxygen atoms in total. The summed E-state index contributed by atoms with van der Waals surface area (Å²) >= 11 is 0. The first-order valence-electron chi connectivity index (χ1n) is 10.4. The van der Waals surface area contributed by atoms with Crippen LogP contribution in [0, 0.1) is 6.92 Å². The highest BCUT2D eigenvalue weighted by Crippen LogP contribution is 2.39. The van der Waals surface area contributed by atoms with E-state index in [1.54, 1.807) is 19.3 Å². The van der Waals surface area contributed by atoms with Crippen LogP contribution in [0.3, 0.4) is 0 Å². The van der Waals surface area contributed by atoms with Gasteiger partial charge in [0, 0.05) is 5.56 Å². The quantitative estimate of drug-likeness (QED) is 0.443. The molecule has 4 rings (SSSR count). The molecule has 1 aliphatic heterocycles. The van der Waals surface area contributed by atoms with Crippen LogP contribution in [0.15, 0.2) is 66.4 Å². The van der Waals surface area contributed by atoms with Crippen molar-refractivity contribution in [2.45, 2.75) is 33.3 Å². The second-order valence-electron chi connectivity index (χ2n) is 7.96. The van der Waals surface area contributed by atoms with Gasteiger partial charge in [-0.1, -0.05) is 50.2 Å². The van der Waals surface area contributed by atoms with Crippen molar-refractivity contribution in [3.63, 3.8) is 0 Å². The van der Waals surface area contributed by atoms with Crippen molar-refractivity contribution in [1.29, 1.82) is 0 Å². The Bertz CT molecular complexity index is 1120. The molecule has 0 spiro atoms. The first kappa shape index (κ1) is 20.7. The average Bonchev–Trinajstić information content (AvgIpc) is 3.10. The lowest BCUT2D eigenvalue weighted by Crippen LogP contribution is -1.98. The van der Waals surface area contributed by atoms with Crippen LogP contribution in [0.2, 0.25) is 0 Å². The van der Waals surface area contributed by atoms with E-state index in [0.29, 0.717) is 35.3 Å². The van der Waals surface area contributed by atoms with Crippen LogP contribution in [0.4, 0.5) is 0 Å². The Hall–Kier alpha value is -3.53. The number of hydrogen-bond acceptors (Lipinski definition) is 4. The molecular weight excluding hydrogens is 388 g/mol. The summed E-state index contributed by atoms with van der Waals surface area (Å²) in [5, 5.41) is 0. The van der Waals surface area contributed by atoms with E-state index in [2.05, 4.69) is 26.0 Å². The van der Waals surface area contributed by atoms with Crippen LogP contribution in [0.5, 0.6) is 17.2 Å². The van der Waals surface area contributed by atoms with Gasteiger partial charge in [0.25, 0.3) is 0 Å². The van der Waals surface area contributed by atoms with Crippen LogP contribution in [-0.2, 0) is 6.61 Å². The lowest BCUT2D eigenvalue weighted by Gasteiger charge is -2.12. The number of rotatable bonds is 6. The summed E-state index contributed by atoms with van der Waals surface area (Å²) in [5.74, 6) is 2.78. The van der Waals surface area contributed by atoms with E-state index in [-0.39, 0.29) is 5.78 Å². The Kier molecular flexibility index (Phi) is 5.81. The third-order valence-electron chi connectivity index (χ3n) is 5.49. The summed E-state index contributed by atoms with van der Waals surface area (Å²) in [6.07, 6.45) is 1.80. The summed E-state index contributed by atoms with van der Waals surface area (Å²) < 4.78 is 17.1. The number of methoxy groups -OCH3 is 1. The molecule has 158 valence electrons. The summed E-state index contributed by atoms with van der Waals surface area (Å²) in [7, 11) is 1.64. The molecule has 0 N–H and O–H groups in total. The number of benzene rings is 3. The van der Waals surface area contributed by atoms with Crippen LogP contribution in [-0.4, -0.2) is 12.9 Å². The third-order valence-corrected chi connectivity index (χ3v) is 5.49. The summed E-state index contributed by atoms with van der Waals surface area (Å²) in [5.41, 5.74) is 4.62. The van der Waals surface area contributed by atoms with Gasteiger partial charge in [0.05, 0.1) is 12.7 Å². The fourth-order valence-corrected chi connectivity index (χ4v) is 3.54. The Labute approximate surface area is 183 Å². The van der Waals surface area contributed by atoms with Crippen molar-refractivity contribution in [3.8, 4) is 17.2 Å². The molecule has 0 radical (unpaired) electrons. The van der Waals surface area contributed by atoms with Gasteiger partial charge in [-0.25, -0.2) is 0 Å². The maximum Gasteiger partial charge on any atom is 0.231 e. The Morgan fingerprint density at radius 1 is 0.968 bits per heavy atom. The van der Waals surface area contributed by atoms with E-state index >= 15 is 0 Å². The highest BCUT2D eigenvalue weighted by molar-refractivity contribution is 6.14. The number of fused-ring (bicyclic) bond motifs is 1. The van der Waals surface area contributed by atoms with Crippen molar-refractivity contribution in [2.24, 2.45) is 0 Å². The smallest absolute Gasteiger partial charge is 0.231 e. The van der Waals surface area contributed by atoms with Crippen molar-refractivity contribution < 1.29 is 19.0 Å². The van der Waals surface area contributed by atoms with Crippen LogP contribution < -0.4 is 14.2 Å². The Balaban J connectivity index is 1.51. The number of Topliss-reactive ketones (excluding diaryl/α,β-unsaturated/α-hetero) is 1. The zero-order valence-electron chi connectivity index (χ0n) is 18.3. The molecule has 1 aliphatic rings. The fraction of sp³-hybridized carbons (Fsp3) is 0.222. The highest BCUT2D eigenvalue weighted by atomic mass is 16.5. The van der Waals surface area contributed by atoms with Crippen molar-refractivity contribution in [3.05, 3.63) is 94.2 Å². The van der Waals surface area contributed by atoms with Crippen molar-refractivity contribution in [1.82, 2.24) is 0 Å². The van der Waals surface area contributed by atoms with E-state index in [9.17, 15) is 4.79 Å². The number of allylic oxidation sites excluding steroid dienone is 1. The standard InChI is InChI=1S/C27H26O4/c1-17(2)21-9-5-19(6-10-21)15-25-26(28)23-13-14-24(18(3)27(23)31-25)30-16-20-7-11-22(29-4)12-8-20/h5-15,17H,16H2,1-4H3/b25-15-. The van der Waals surface area contributed by atoms with E-state index in [1.165, 1.54) is 5.56 Å². The maximum atomic E-state index is 12.8. The van der Waals surface area contributed by atoms with Gasteiger partial charge in [-0.05, 0) is 59.9 Å². The number of ketones is 1. The SMILES string of the molecule is COc1ccc(COc2ccc3c(c2C)O/C(=C\c2ccc(C(C)C)cc2)C3=O)cc1. The molecule has 0 bridgehead atoms. The number of carbonyl (C=O) groups is 1. The van der Waals surface area contributed by atoms with E-state index in [1.807, 2.05) is 49.4 Å². The lowest BCUT2D eigenvalue weighted by atomic mass is 10.0. The Morgan fingerprint density at radius 3 is 2.32 bits per heavy atom. The first-order chi connectivity index (χ1) is 15.0. The highest BCUT2D eigenvalue weighted by Gasteiger charge is 2.30. The molecule has 3 aromatic rings. The normalized spacial score (nSPS) is 14.0. The third kappa shape index (κ3) is 4.33. The molecule has 3 aromatic carbocycles. The lowest BCUT2D eigenvalue weighted by molar-refractivity contribution is 0.101. The minimum atomic E-state index is -0.104. The summed E-state index contributed by atoms with van der Waals surface area (Å²) in [6, 6.07) is 19.5. The Morgan fingerprint density at radius 2 is 1.68 bits per heavy atom.